The van der Waals surface area contributed by atoms with Gasteiger partial charge in [-0.05, 0) is 30.7 Å². The highest BCUT2D eigenvalue weighted by Gasteiger charge is 2.13. The molecule has 0 saturated carbocycles. The first-order valence-electron chi connectivity index (χ1n) is 6.49. The van der Waals surface area contributed by atoms with Gasteiger partial charge in [0, 0.05) is 24.3 Å². The fraction of sp³-hybridized carbons (Fsp3) is 0.429. The van der Waals surface area contributed by atoms with Crippen molar-refractivity contribution in [3.63, 3.8) is 0 Å². The van der Waals surface area contributed by atoms with E-state index < -0.39 is 0 Å². The van der Waals surface area contributed by atoms with E-state index in [9.17, 15) is 9.59 Å². The third-order valence-electron chi connectivity index (χ3n) is 2.73. The van der Waals surface area contributed by atoms with Crippen molar-refractivity contribution in [2.24, 2.45) is 0 Å². The topological polar surface area (TPSA) is 87.7 Å². The second-order valence-electron chi connectivity index (χ2n) is 4.42. The largest absolute Gasteiger partial charge is 0.396 e. The summed E-state index contributed by atoms with van der Waals surface area (Å²) >= 11 is 5.73. The summed E-state index contributed by atoms with van der Waals surface area (Å²) in [4.78, 5) is 23.5. The fourth-order valence-electron chi connectivity index (χ4n) is 1.70. The number of ether oxygens (including phenoxy) is 1. The van der Waals surface area contributed by atoms with Gasteiger partial charge < -0.3 is 20.5 Å². The lowest BCUT2D eigenvalue weighted by atomic mass is 10.2. The minimum atomic E-state index is -0.354. The average molecular weight is 315 g/mol. The highest BCUT2D eigenvalue weighted by atomic mass is 35.5. The van der Waals surface area contributed by atoms with Crippen LogP contribution in [0.2, 0.25) is 5.02 Å². The molecule has 0 fully saturated rings. The second-order valence-corrected chi connectivity index (χ2v) is 4.86. The second kappa shape index (κ2) is 9.33. The Morgan fingerprint density at radius 2 is 2.00 bits per heavy atom. The standard InChI is InChI=1S/C14H19ClN2O4/c1-21-9-12(6-7-18)17-13(19)8-16-14(20)10-2-4-11(15)5-3-10/h2-5,12,18H,6-9H2,1H3,(H,16,20)(H,17,19). The Kier molecular flexibility index (Phi) is 7.74. The maximum Gasteiger partial charge on any atom is 0.251 e. The van der Waals surface area contributed by atoms with Gasteiger partial charge in [-0.1, -0.05) is 11.6 Å². The van der Waals surface area contributed by atoms with Crippen LogP contribution in [0.25, 0.3) is 0 Å². The number of hydrogen-bond acceptors (Lipinski definition) is 4. The van der Waals surface area contributed by atoms with Gasteiger partial charge in [-0.2, -0.15) is 0 Å². The van der Waals surface area contributed by atoms with Crippen molar-refractivity contribution in [3.8, 4) is 0 Å². The van der Waals surface area contributed by atoms with E-state index in [0.29, 0.717) is 23.6 Å². The van der Waals surface area contributed by atoms with Crippen LogP contribution in [0.4, 0.5) is 0 Å². The van der Waals surface area contributed by atoms with E-state index in [2.05, 4.69) is 10.6 Å². The number of carbonyl (C=O) groups is 2. The number of aliphatic hydroxyl groups excluding tert-OH is 1. The molecule has 2 amide bonds. The molecule has 1 rings (SSSR count). The van der Waals surface area contributed by atoms with E-state index in [0.717, 1.165) is 0 Å². The van der Waals surface area contributed by atoms with Crippen molar-refractivity contribution in [2.45, 2.75) is 12.5 Å². The van der Waals surface area contributed by atoms with E-state index in [4.69, 9.17) is 21.4 Å². The van der Waals surface area contributed by atoms with Crippen LogP contribution in [0.3, 0.4) is 0 Å². The molecule has 6 nitrogen and oxygen atoms in total. The first kappa shape index (κ1) is 17.4. The summed E-state index contributed by atoms with van der Waals surface area (Å²) in [5, 5.41) is 14.6. The van der Waals surface area contributed by atoms with E-state index in [1.807, 2.05) is 0 Å². The van der Waals surface area contributed by atoms with Crippen LogP contribution >= 0.6 is 11.6 Å². The van der Waals surface area contributed by atoms with Crippen molar-refractivity contribution in [3.05, 3.63) is 34.9 Å². The van der Waals surface area contributed by atoms with Crippen LogP contribution in [0.5, 0.6) is 0 Å². The van der Waals surface area contributed by atoms with Gasteiger partial charge in [0.2, 0.25) is 5.91 Å². The third-order valence-corrected chi connectivity index (χ3v) is 2.98. The number of methoxy groups -OCH3 is 1. The van der Waals surface area contributed by atoms with Crippen molar-refractivity contribution >= 4 is 23.4 Å². The minimum Gasteiger partial charge on any atom is -0.396 e. The monoisotopic (exact) mass is 314 g/mol. The van der Waals surface area contributed by atoms with Gasteiger partial charge in [0.1, 0.15) is 0 Å². The van der Waals surface area contributed by atoms with Crippen LogP contribution in [0.15, 0.2) is 24.3 Å². The molecule has 0 aliphatic carbocycles. The Morgan fingerprint density at radius 3 is 2.57 bits per heavy atom. The maximum absolute atomic E-state index is 11.8. The normalized spacial score (nSPS) is 11.8. The lowest BCUT2D eigenvalue weighted by Gasteiger charge is -2.17. The Bertz CT molecular complexity index is 459. The Balaban J connectivity index is 2.41. The van der Waals surface area contributed by atoms with Gasteiger partial charge in [0.25, 0.3) is 5.91 Å². The summed E-state index contributed by atoms with van der Waals surface area (Å²) in [6.07, 6.45) is 0.394. The van der Waals surface area contributed by atoms with Gasteiger partial charge in [0.05, 0.1) is 19.2 Å². The number of hydrogen-bond donors (Lipinski definition) is 3. The van der Waals surface area contributed by atoms with Gasteiger partial charge in [-0.3, -0.25) is 9.59 Å². The molecule has 0 aromatic heterocycles. The molecule has 0 aliphatic rings. The molecule has 0 spiro atoms. The molecule has 0 bridgehead atoms. The van der Waals surface area contributed by atoms with E-state index in [1.54, 1.807) is 24.3 Å². The van der Waals surface area contributed by atoms with Crippen molar-refractivity contribution < 1.29 is 19.4 Å². The summed E-state index contributed by atoms with van der Waals surface area (Å²) in [6, 6.07) is 6.09. The molecular formula is C14H19ClN2O4. The van der Waals surface area contributed by atoms with E-state index in [1.165, 1.54) is 7.11 Å². The van der Waals surface area contributed by atoms with Crippen LogP contribution < -0.4 is 10.6 Å². The Morgan fingerprint density at radius 1 is 1.33 bits per heavy atom. The molecule has 0 aliphatic heterocycles. The van der Waals surface area contributed by atoms with Gasteiger partial charge >= 0.3 is 0 Å². The smallest absolute Gasteiger partial charge is 0.251 e. The summed E-state index contributed by atoms with van der Waals surface area (Å²) in [7, 11) is 1.51. The molecule has 21 heavy (non-hydrogen) atoms. The summed E-state index contributed by atoms with van der Waals surface area (Å²) in [6.45, 7) is 0.107. The van der Waals surface area contributed by atoms with Crippen molar-refractivity contribution in [2.75, 3.05) is 26.9 Å². The summed E-state index contributed by atoms with van der Waals surface area (Å²) in [5.41, 5.74) is 0.427. The Hall–Kier alpha value is -1.63. The summed E-state index contributed by atoms with van der Waals surface area (Å²) in [5.74, 6) is -0.694. The van der Waals surface area contributed by atoms with Gasteiger partial charge in [0.15, 0.2) is 0 Å². The number of nitrogens with one attached hydrogen (secondary N) is 2. The minimum absolute atomic E-state index is 0.0502. The van der Waals surface area contributed by atoms with Gasteiger partial charge in [-0.25, -0.2) is 0 Å². The zero-order chi connectivity index (χ0) is 15.7. The molecule has 1 aromatic rings. The maximum atomic E-state index is 11.8. The first-order valence-corrected chi connectivity index (χ1v) is 6.87. The lowest BCUT2D eigenvalue weighted by molar-refractivity contribution is -0.121. The van der Waals surface area contributed by atoms with Crippen molar-refractivity contribution in [1.29, 1.82) is 0 Å². The average Bonchev–Trinajstić information content (AvgIpc) is 2.46. The van der Waals surface area contributed by atoms with Gasteiger partial charge in [-0.15, -0.1) is 0 Å². The molecule has 0 saturated heterocycles. The molecule has 1 atom stereocenters. The number of amides is 2. The molecule has 116 valence electrons. The predicted molar refractivity (Wildman–Crippen MR) is 79.3 cm³/mol. The van der Waals surface area contributed by atoms with E-state index in [-0.39, 0.29) is 31.0 Å². The van der Waals surface area contributed by atoms with E-state index >= 15 is 0 Å². The number of benzene rings is 1. The quantitative estimate of drug-likeness (QED) is 0.655. The number of halogens is 1. The highest BCUT2D eigenvalue weighted by molar-refractivity contribution is 6.30. The zero-order valence-electron chi connectivity index (χ0n) is 11.8. The molecule has 0 heterocycles. The third kappa shape index (κ3) is 6.57. The SMILES string of the molecule is COCC(CCO)NC(=O)CNC(=O)c1ccc(Cl)cc1. The molecule has 3 N–H and O–H groups in total. The van der Waals surface area contributed by atoms with Crippen LogP contribution in [0.1, 0.15) is 16.8 Å². The molecule has 0 radical (unpaired) electrons. The van der Waals surface area contributed by atoms with Crippen LogP contribution in [0, 0.1) is 0 Å². The Labute approximate surface area is 128 Å². The molecule has 1 unspecified atom stereocenters. The predicted octanol–water partition coefficient (Wildman–Crippen LogP) is 0.583. The van der Waals surface area contributed by atoms with Crippen molar-refractivity contribution in [1.82, 2.24) is 10.6 Å². The molecule has 1 aromatic carbocycles. The molecular weight excluding hydrogens is 296 g/mol. The fourth-order valence-corrected chi connectivity index (χ4v) is 1.82. The van der Waals surface area contributed by atoms with Crippen LogP contribution in [-0.4, -0.2) is 49.8 Å². The zero-order valence-corrected chi connectivity index (χ0v) is 12.5. The molecule has 7 heteroatoms. The number of carbonyl (C=O) groups excluding carboxylic acids is 2. The number of aliphatic hydroxyl groups is 1. The highest BCUT2D eigenvalue weighted by Crippen LogP contribution is 2.09. The summed E-state index contributed by atoms with van der Waals surface area (Å²) < 4.78 is 4.94. The first-order chi connectivity index (χ1) is 10.1. The number of rotatable bonds is 8. The lowest BCUT2D eigenvalue weighted by Crippen LogP contribution is -2.44. The van der Waals surface area contributed by atoms with Crippen LogP contribution in [-0.2, 0) is 9.53 Å².